The molecule has 5 heteroatoms. The van der Waals surface area contributed by atoms with Gasteiger partial charge in [0.1, 0.15) is 5.82 Å². The molecule has 1 unspecified atom stereocenters. The summed E-state index contributed by atoms with van der Waals surface area (Å²) in [6, 6.07) is 4.73. The van der Waals surface area contributed by atoms with Crippen molar-refractivity contribution in [3.8, 4) is 0 Å². The Hall–Kier alpha value is -0.840. The summed E-state index contributed by atoms with van der Waals surface area (Å²) in [4.78, 5) is 2.35. The number of rotatable bonds is 4. The van der Waals surface area contributed by atoms with E-state index in [1.807, 2.05) is 0 Å². The zero-order valence-electron chi connectivity index (χ0n) is 10.5. The molecule has 100 valence electrons. The van der Waals surface area contributed by atoms with Crippen molar-refractivity contribution < 1.29 is 9.13 Å². The van der Waals surface area contributed by atoms with Crippen LogP contribution in [0.25, 0.3) is 0 Å². The van der Waals surface area contributed by atoms with E-state index in [0.29, 0.717) is 6.54 Å². The second kappa shape index (κ2) is 6.36. The van der Waals surface area contributed by atoms with Gasteiger partial charge in [-0.2, -0.15) is 0 Å². The maximum Gasteiger partial charge on any atom is 0.143 e. The summed E-state index contributed by atoms with van der Waals surface area (Å²) >= 11 is 5.63. The molecule has 1 aliphatic rings. The van der Waals surface area contributed by atoms with Gasteiger partial charge < -0.3 is 10.1 Å². The molecule has 1 aliphatic heterocycles. The van der Waals surface area contributed by atoms with Crippen LogP contribution in [0.15, 0.2) is 18.2 Å². The summed E-state index contributed by atoms with van der Waals surface area (Å²) in [6.07, 6.45) is 0.150. The Morgan fingerprint density at radius 1 is 1.56 bits per heavy atom. The molecule has 1 fully saturated rings. The maximum absolute atomic E-state index is 13.2. The van der Waals surface area contributed by atoms with Crippen LogP contribution in [0.1, 0.15) is 6.92 Å². The number of benzene rings is 1. The first kappa shape index (κ1) is 13.6. The van der Waals surface area contributed by atoms with Gasteiger partial charge in [-0.05, 0) is 24.7 Å². The van der Waals surface area contributed by atoms with Crippen molar-refractivity contribution in [2.75, 3.05) is 38.1 Å². The van der Waals surface area contributed by atoms with Crippen molar-refractivity contribution in [3.05, 3.63) is 29.0 Å². The number of nitrogens with zero attached hydrogens (tertiary/aromatic N) is 1. The molecule has 0 aliphatic carbocycles. The lowest BCUT2D eigenvalue weighted by Crippen LogP contribution is -2.45. The van der Waals surface area contributed by atoms with E-state index in [-0.39, 0.29) is 11.1 Å². The van der Waals surface area contributed by atoms with Crippen molar-refractivity contribution in [2.45, 2.75) is 13.0 Å². The molecule has 1 N–H and O–H groups in total. The highest BCUT2D eigenvalue weighted by molar-refractivity contribution is 6.30. The SMILES string of the molecule is CCN1CCOC(CNc2ccc(Cl)c(F)c2)C1. The monoisotopic (exact) mass is 272 g/mol. The highest BCUT2D eigenvalue weighted by Crippen LogP contribution is 2.18. The third-order valence-corrected chi connectivity index (χ3v) is 3.43. The first-order chi connectivity index (χ1) is 8.69. The van der Waals surface area contributed by atoms with Crippen LogP contribution in [0, 0.1) is 5.82 Å². The van der Waals surface area contributed by atoms with Gasteiger partial charge in [-0.15, -0.1) is 0 Å². The van der Waals surface area contributed by atoms with E-state index in [4.69, 9.17) is 16.3 Å². The number of ether oxygens (including phenoxy) is 1. The van der Waals surface area contributed by atoms with Gasteiger partial charge in [0, 0.05) is 25.3 Å². The number of nitrogens with one attached hydrogen (secondary N) is 1. The van der Waals surface area contributed by atoms with E-state index in [1.165, 1.54) is 6.07 Å². The average molecular weight is 273 g/mol. The Bertz CT molecular complexity index is 403. The molecule has 1 saturated heterocycles. The minimum Gasteiger partial charge on any atom is -0.382 e. The summed E-state index contributed by atoms with van der Waals surface area (Å²) in [5.41, 5.74) is 0.731. The van der Waals surface area contributed by atoms with E-state index in [2.05, 4.69) is 17.1 Å². The van der Waals surface area contributed by atoms with Gasteiger partial charge in [-0.25, -0.2) is 4.39 Å². The molecular formula is C13H18ClFN2O. The van der Waals surface area contributed by atoms with Gasteiger partial charge in [0.05, 0.1) is 17.7 Å². The van der Waals surface area contributed by atoms with Gasteiger partial charge >= 0.3 is 0 Å². The predicted molar refractivity (Wildman–Crippen MR) is 71.8 cm³/mol. The van der Waals surface area contributed by atoms with Crippen LogP contribution < -0.4 is 5.32 Å². The van der Waals surface area contributed by atoms with Crippen LogP contribution in [0.2, 0.25) is 5.02 Å². The van der Waals surface area contributed by atoms with Crippen LogP contribution in [-0.2, 0) is 4.74 Å². The van der Waals surface area contributed by atoms with Gasteiger partial charge in [-0.1, -0.05) is 18.5 Å². The van der Waals surface area contributed by atoms with Gasteiger partial charge in [0.15, 0.2) is 0 Å². The molecule has 0 spiro atoms. The van der Waals surface area contributed by atoms with Crippen LogP contribution in [-0.4, -0.2) is 43.8 Å². The number of halogens is 2. The Labute approximate surface area is 112 Å². The molecule has 3 nitrogen and oxygen atoms in total. The standard InChI is InChI=1S/C13H18ClFN2O/c1-2-17-5-6-18-11(9-17)8-16-10-3-4-12(14)13(15)7-10/h3-4,7,11,16H,2,5-6,8-9H2,1H3. The Balaban J connectivity index is 1.85. The van der Waals surface area contributed by atoms with Crippen LogP contribution in [0.5, 0.6) is 0 Å². The molecular weight excluding hydrogens is 255 g/mol. The summed E-state index contributed by atoms with van der Waals surface area (Å²) < 4.78 is 18.9. The van der Waals surface area contributed by atoms with E-state index in [9.17, 15) is 4.39 Å². The average Bonchev–Trinajstić information content (AvgIpc) is 2.40. The largest absolute Gasteiger partial charge is 0.382 e. The zero-order chi connectivity index (χ0) is 13.0. The second-order valence-electron chi connectivity index (χ2n) is 4.40. The number of likely N-dealkylation sites (N-methyl/N-ethyl adjacent to an activating group) is 1. The molecule has 1 heterocycles. The van der Waals surface area contributed by atoms with Gasteiger partial charge in [0.25, 0.3) is 0 Å². The number of hydrogen-bond donors (Lipinski definition) is 1. The number of hydrogen-bond acceptors (Lipinski definition) is 3. The molecule has 2 rings (SSSR count). The highest BCUT2D eigenvalue weighted by Gasteiger charge is 2.18. The molecule has 1 aromatic carbocycles. The Morgan fingerprint density at radius 3 is 3.11 bits per heavy atom. The van der Waals surface area contributed by atoms with Crippen LogP contribution in [0.3, 0.4) is 0 Å². The molecule has 0 saturated carbocycles. The number of morpholine rings is 1. The molecule has 1 aromatic rings. The molecule has 1 atom stereocenters. The van der Waals surface area contributed by atoms with Gasteiger partial charge in [-0.3, -0.25) is 4.90 Å². The summed E-state index contributed by atoms with van der Waals surface area (Å²) in [6.45, 7) is 6.52. The molecule has 0 bridgehead atoms. The van der Waals surface area contributed by atoms with Crippen LogP contribution in [0.4, 0.5) is 10.1 Å². The minimum absolute atomic E-state index is 0.145. The third kappa shape index (κ3) is 3.57. The Kier molecular flexibility index (Phi) is 4.80. The summed E-state index contributed by atoms with van der Waals surface area (Å²) in [5.74, 6) is -0.401. The maximum atomic E-state index is 13.2. The first-order valence-electron chi connectivity index (χ1n) is 6.22. The fourth-order valence-corrected chi connectivity index (χ4v) is 2.15. The molecule has 18 heavy (non-hydrogen) atoms. The van der Waals surface area contributed by atoms with Crippen LogP contribution >= 0.6 is 11.6 Å². The lowest BCUT2D eigenvalue weighted by Gasteiger charge is -2.32. The first-order valence-corrected chi connectivity index (χ1v) is 6.59. The Morgan fingerprint density at radius 2 is 2.39 bits per heavy atom. The van der Waals surface area contributed by atoms with Crippen molar-refractivity contribution >= 4 is 17.3 Å². The quantitative estimate of drug-likeness (QED) is 0.912. The fraction of sp³-hybridized carbons (Fsp3) is 0.538. The highest BCUT2D eigenvalue weighted by atomic mass is 35.5. The molecule has 0 radical (unpaired) electrons. The van der Waals surface area contributed by atoms with E-state index in [1.54, 1.807) is 12.1 Å². The fourth-order valence-electron chi connectivity index (χ4n) is 2.03. The van der Waals surface area contributed by atoms with Crippen molar-refractivity contribution in [3.63, 3.8) is 0 Å². The third-order valence-electron chi connectivity index (χ3n) is 3.12. The van der Waals surface area contributed by atoms with Gasteiger partial charge in [0.2, 0.25) is 0 Å². The van der Waals surface area contributed by atoms with Crippen molar-refractivity contribution in [2.24, 2.45) is 0 Å². The lowest BCUT2D eigenvalue weighted by molar-refractivity contribution is -0.0191. The zero-order valence-corrected chi connectivity index (χ0v) is 11.2. The second-order valence-corrected chi connectivity index (χ2v) is 4.80. The van der Waals surface area contributed by atoms with E-state index >= 15 is 0 Å². The molecule has 0 amide bonds. The smallest absolute Gasteiger partial charge is 0.143 e. The minimum atomic E-state index is -0.401. The predicted octanol–water partition coefficient (Wildman–Crippen LogP) is 2.61. The number of anilines is 1. The topological polar surface area (TPSA) is 24.5 Å². The van der Waals surface area contributed by atoms with Crippen molar-refractivity contribution in [1.29, 1.82) is 0 Å². The summed E-state index contributed by atoms with van der Waals surface area (Å²) in [7, 11) is 0. The normalized spacial score (nSPS) is 20.9. The van der Waals surface area contributed by atoms with Crippen molar-refractivity contribution in [1.82, 2.24) is 4.90 Å². The van der Waals surface area contributed by atoms with E-state index in [0.717, 1.165) is 31.9 Å². The lowest BCUT2D eigenvalue weighted by atomic mass is 10.2. The summed E-state index contributed by atoms with van der Waals surface area (Å²) in [5, 5.41) is 3.32. The molecule has 0 aromatic heterocycles. The van der Waals surface area contributed by atoms with E-state index < -0.39 is 5.82 Å².